The van der Waals surface area contributed by atoms with Gasteiger partial charge in [-0.05, 0) is 18.4 Å². The first-order valence-electron chi connectivity index (χ1n) is 9.07. The van der Waals surface area contributed by atoms with Gasteiger partial charge >= 0.3 is 5.97 Å². The number of carbonyl (C=O) groups excluding carboxylic acids is 1. The van der Waals surface area contributed by atoms with E-state index in [1.807, 2.05) is 23.1 Å². The number of carbonyl (C=O) groups is 2. The molecule has 3 aliphatic heterocycles. The van der Waals surface area contributed by atoms with Crippen LogP contribution in [0.5, 0.6) is 0 Å². The molecule has 134 valence electrons. The molecule has 0 aromatic heterocycles. The second-order valence-electron chi connectivity index (χ2n) is 7.27. The largest absolute Gasteiger partial charge is 0.481 e. The molecule has 4 atom stereocenters. The smallest absolute Gasteiger partial charge is 0.310 e. The van der Waals surface area contributed by atoms with Gasteiger partial charge in [-0.3, -0.25) is 14.5 Å². The second kappa shape index (κ2) is 6.77. The average molecular weight is 344 g/mol. The molecule has 2 bridgehead atoms. The van der Waals surface area contributed by atoms with E-state index >= 15 is 0 Å². The highest BCUT2D eigenvalue weighted by atomic mass is 16.5. The number of benzene rings is 1. The lowest BCUT2D eigenvalue weighted by molar-refractivity contribution is -0.151. The Bertz CT molecular complexity index is 642. The van der Waals surface area contributed by atoms with E-state index in [1.54, 1.807) is 0 Å². The van der Waals surface area contributed by atoms with E-state index in [4.69, 9.17) is 4.74 Å². The zero-order valence-electron chi connectivity index (χ0n) is 14.2. The highest BCUT2D eigenvalue weighted by molar-refractivity contribution is 5.86. The molecular weight excluding hydrogens is 320 g/mol. The van der Waals surface area contributed by atoms with Crippen LogP contribution in [-0.4, -0.2) is 65.2 Å². The minimum atomic E-state index is -0.895. The Kier molecular flexibility index (Phi) is 4.48. The molecule has 3 aliphatic rings. The van der Waals surface area contributed by atoms with Gasteiger partial charge in [0.1, 0.15) is 0 Å². The van der Waals surface area contributed by atoms with E-state index < -0.39 is 17.8 Å². The second-order valence-corrected chi connectivity index (χ2v) is 7.27. The number of aliphatic carboxylic acids is 1. The summed E-state index contributed by atoms with van der Waals surface area (Å²) in [5.41, 5.74) is 1.27. The number of piperazine rings is 1. The number of hydrogen-bond donors (Lipinski definition) is 1. The van der Waals surface area contributed by atoms with Crippen LogP contribution in [0.1, 0.15) is 18.4 Å². The maximum Gasteiger partial charge on any atom is 0.310 e. The highest BCUT2D eigenvalue weighted by Gasteiger charge is 2.56. The maximum atomic E-state index is 12.9. The SMILES string of the molecule is O=C(O)C1C(C(=O)N2CCN(Cc3ccccc3)CC2)[C@H]2CC[C@@H]1O2. The van der Waals surface area contributed by atoms with Gasteiger partial charge in [0.2, 0.25) is 5.91 Å². The van der Waals surface area contributed by atoms with Gasteiger partial charge in [-0.2, -0.15) is 0 Å². The number of carboxylic acid groups (broad SMARTS) is 1. The van der Waals surface area contributed by atoms with E-state index in [0.29, 0.717) is 13.1 Å². The first-order valence-corrected chi connectivity index (χ1v) is 9.07. The van der Waals surface area contributed by atoms with Gasteiger partial charge in [0.15, 0.2) is 0 Å². The summed E-state index contributed by atoms with van der Waals surface area (Å²) >= 11 is 0. The van der Waals surface area contributed by atoms with Gasteiger partial charge in [0, 0.05) is 32.7 Å². The van der Waals surface area contributed by atoms with Crippen LogP contribution >= 0.6 is 0 Å². The third-order valence-electron chi connectivity index (χ3n) is 5.78. The fraction of sp³-hybridized carbons (Fsp3) is 0.579. The molecule has 1 aromatic carbocycles. The Hall–Kier alpha value is -1.92. The van der Waals surface area contributed by atoms with Gasteiger partial charge < -0.3 is 14.7 Å². The van der Waals surface area contributed by atoms with Crippen molar-refractivity contribution in [2.24, 2.45) is 11.8 Å². The summed E-state index contributed by atoms with van der Waals surface area (Å²) in [5.74, 6) is -2.10. The molecule has 25 heavy (non-hydrogen) atoms. The first kappa shape index (κ1) is 16.5. The molecule has 6 nitrogen and oxygen atoms in total. The number of nitrogens with zero attached hydrogens (tertiary/aromatic N) is 2. The van der Waals surface area contributed by atoms with Crippen LogP contribution in [-0.2, 0) is 20.9 Å². The van der Waals surface area contributed by atoms with Crippen LogP contribution in [0, 0.1) is 11.8 Å². The normalized spacial score (nSPS) is 32.1. The van der Waals surface area contributed by atoms with Gasteiger partial charge in [-0.25, -0.2) is 0 Å². The average Bonchev–Trinajstić information content (AvgIpc) is 3.24. The molecule has 1 amide bonds. The van der Waals surface area contributed by atoms with Crippen molar-refractivity contribution in [2.45, 2.75) is 31.6 Å². The minimum absolute atomic E-state index is 0.0287. The van der Waals surface area contributed by atoms with Crippen molar-refractivity contribution in [1.29, 1.82) is 0 Å². The molecule has 1 N–H and O–H groups in total. The van der Waals surface area contributed by atoms with Crippen molar-refractivity contribution < 1.29 is 19.4 Å². The van der Waals surface area contributed by atoms with E-state index in [2.05, 4.69) is 17.0 Å². The number of hydrogen-bond acceptors (Lipinski definition) is 4. The fourth-order valence-electron chi connectivity index (χ4n) is 4.48. The van der Waals surface area contributed by atoms with Crippen molar-refractivity contribution in [2.75, 3.05) is 26.2 Å². The molecule has 0 radical (unpaired) electrons. The van der Waals surface area contributed by atoms with E-state index in [0.717, 1.165) is 32.5 Å². The number of amides is 1. The predicted molar refractivity (Wildman–Crippen MR) is 90.8 cm³/mol. The highest BCUT2D eigenvalue weighted by Crippen LogP contribution is 2.44. The summed E-state index contributed by atoms with van der Waals surface area (Å²) in [4.78, 5) is 28.7. The van der Waals surface area contributed by atoms with E-state index in [1.165, 1.54) is 5.56 Å². The monoisotopic (exact) mass is 344 g/mol. The summed E-state index contributed by atoms with van der Waals surface area (Å²) in [6.45, 7) is 3.84. The third kappa shape index (κ3) is 3.16. The molecule has 6 heteroatoms. The van der Waals surface area contributed by atoms with Crippen molar-refractivity contribution in [3.63, 3.8) is 0 Å². The van der Waals surface area contributed by atoms with Crippen LogP contribution in [0.15, 0.2) is 30.3 Å². The number of ether oxygens (including phenoxy) is 1. The van der Waals surface area contributed by atoms with Gasteiger partial charge in [-0.15, -0.1) is 0 Å². The molecule has 1 aromatic rings. The Morgan fingerprint density at radius 1 is 1.00 bits per heavy atom. The molecule has 0 aliphatic carbocycles. The van der Waals surface area contributed by atoms with E-state index in [-0.39, 0.29) is 18.1 Å². The maximum absolute atomic E-state index is 12.9. The lowest BCUT2D eigenvalue weighted by atomic mass is 9.78. The standard InChI is InChI=1S/C19H24N2O4/c22-18(16-14-6-7-15(25-14)17(16)19(23)24)21-10-8-20(9-11-21)12-13-4-2-1-3-5-13/h1-5,14-17H,6-12H2,(H,23,24)/t14-,15+,16?,17?/m1/s1. The zero-order valence-corrected chi connectivity index (χ0v) is 14.2. The van der Waals surface area contributed by atoms with Gasteiger partial charge in [-0.1, -0.05) is 30.3 Å². The Balaban J connectivity index is 1.36. The van der Waals surface area contributed by atoms with Crippen molar-refractivity contribution in [1.82, 2.24) is 9.80 Å². The predicted octanol–water partition coefficient (Wildman–Crippen LogP) is 1.21. The Labute approximate surface area is 147 Å². The van der Waals surface area contributed by atoms with Crippen LogP contribution < -0.4 is 0 Å². The quantitative estimate of drug-likeness (QED) is 0.889. The molecule has 3 saturated heterocycles. The third-order valence-corrected chi connectivity index (χ3v) is 5.78. The lowest BCUT2D eigenvalue weighted by Crippen LogP contribution is -2.53. The molecular formula is C19H24N2O4. The molecule has 3 fully saturated rings. The van der Waals surface area contributed by atoms with Crippen LogP contribution in [0.25, 0.3) is 0 Å². The number of fused-ring (bicyclic) bond motifs is 2. The molecule has 0 saturated carbocycles. The van der Waals surface area contributed by atoms with E-state index in [9.17, 15) is 14.7 Å². The van der Waals surface area contributed by atoms with Crippen molar-refractivity contribution >= 4 is 11.9 Å². The Morgan fingerprint density at radius 3 is 2.28 bits per heavy atom. The van der Waals surface area contributed by atoms with Crippen molar-refractivity contribution in [3.05, 3.63) is 35.9 Å². The Morgan fingerprint density at radius 2 is 1.64 bits per heavy atom. The number of rotatable bonds is 4. The zero-order chi connectivity index (χ0) is 17.4. The minimum Gasteiger partial charge on any atom is -0.481 e. The van der Waals surface area contributed by atoms with Crippen molar-refractivity contribution in [3.8, 4) is 0 Å². The summed E-state index contributed by atoms with van der Waals surface area (Å²) in [6, 6.07) is 10.3. The summed E-state index contributed by atoms with van der Waals surface area (Å²) < 4.78 is 5.73. The van der Waals surface area contributed by atoms with Gasteiger partial charge in [0.25, 0.3) is 0 Å². The summed E-state index contributed by atoms with van der Waals surface area (Å²) in [7, 11) is 0. The number of carboxylic acids is 1. The summed E-state index contributed by atoms with van der Waals surface area (Å²) in [5, 5.41) is 9.50. The van der Waals surface area contributed by atoms with Crippen LogP contribution in [0.3, 0.4) is 0 Å². The molecule has 3 heterocycles. The molecule has 0 spiro atoms. The molecule has 4 rings (SSSR count). The fourth-order valence-corrected chi connectivity index (χ4v) is 4.48. The van der Waals surface area contributed by atoms with Crippen LogP contribution in [0.2, 0.25) is 0 Å². The lowest BCUT2D eigenvalue weighted by Gasteiger charge is -2.37. The first-order chi connectivity index (χ1) is 12.1. The molecule has 2 unspecified atom stereocenters. The van der Waals surface area contributed by atoms with Crippen LogP contribution in [0.4, 0.5) is 0 Å². The van der Waals surface area contributed by atoms with Gasteiger partial charge in [0.05, 0.1) is 24.0 Å². The summed E-state index contributed by atoms with van der Waals surface area (Å²) in [6.07, 6.45) is 1.08. The topological polar surface area (TPSA) is 70.1 Å².